The summed E-state index contributed by atoms with van der Waals surface area (Å²) in [4.78, 5) is 12.0. The van der Waals surface area contributed by atoms with Gasteiger partial charge in [-0.2, -0.15) is 4.31 Å². The van der Waals surface area contributed by atoms with Crippen LogP contribution in [0.4, 0.5) is 4.39 Å². The minimum absolute atomic E-state index is 0. The Morgan fingerprint density at radius 3 is 2.75 bits per heavy atom. The molecule has 0 bridgehead atoms. The number of halogens is 2. The number of rotatable bonds is 5. The van der Waals surface area contributed by atoms with Crippen molar-refractivity contribution in [1.82, 2.24) is 9.62 Å². The van der Waals surface area contributed by atoms with Crippen molar-refractivity contribution in [2.45, 2.75) is 24.7 Å². The van der Waals surface area contributed by atoms with Crippen molar-refractivity contribution in [1.29, 1.82) is 0 Å². The Kier molecular flexibility index (Phi) is 7.59. The van der Waals surface area contributed by atoms with Crippen molar-refractivity contribution in [3.05, 3.63) is 29.6 Å². The molecule has 0 saturated carbocycles. The number of nitrogens with one attached hydrogen (secondary N) is 1. The summed E-state index contributed by atoms with van der Waals surface area (Å²) in [5.41, 5.74) is 5.89. The molecule has 0 aliphatic carbocycles. The molecule has 24 heavy (non-hydrogen) atoms. The molecule has 1 amide bonds. The highest BCUT2D eigenvalue weighted by Gasteiger charge is 2.33. The lowest BCUT2D eigenvalue weighted by Gasteiger charge is -2.31. The Balaban J connectivity index is 0.00000288. The van der Waals surface area contributed by atoms with E-state index < -0.39 is 21.8 Å². The van der Waals surface area contributed by atoms with Crippen molar-refractivity contribution >= 4 is 28.3 Å². The van der Waals surface area contributed by atoms with Gasteiger partial charge in [-0.3, -0.25) is 4.79 Å². The fourth-order valence-electron chi connectivity index (χ4n) is 2.72. The van der Waals surface area contributed by atoms with Crippen LogP contribution in [-0.4, -0.2) is 44.8 Å². The van der Waals surface area contributed by atoms with Gasteiger partial charge in [0.15, 0.2) is 0 Å². The summed E-state index contributed by atoms with van der Waals surface area (Å²) < 4.78 is 40.1. The zero-order valence-corrected chi connectivity index (χ0v) is 15.1. The SMILES string of the molecule is Cc1cc(F)cc(S(=O)(=O)N2CCCC(C(=O)NCCN)C2)c1.Cl. The molecule has 1 aromatic carbocycles. The van der Waals surface area contributed by atoms with Gasteiger partial charge in [-0.15, -0.1) is 12.4 Å². The van der Waals surface area contributed by atoms with Crippen molar-refractivity contribution in [3.63, 3.8) is 0 Å². The lowest BCUT2D eigenvalue weighted by atomic mass is 9.99. The zero-order chi connectivity index (χ0) is 17.0. The van der Waals surface area contributed by atoms with Crippen LogP contribution in [-0.2, 0) is 14.8 Å². The molecular formula is C15H23ClFN3O3S. The van der Waals surface area contributed by atoms with Crippen LogP contribution in [0, 0.1) is 18.7 Å². The number of benzene rings is 1. The average molecular weight is 380 g/mol. The van der Waals surface area contributed by atoms with Gasteiger partial charge in [-0.05, 0) is 43.5 Å². The highest BCUT2D eigenvalue weighted by Crippen LogP contribution is 2.25. The molecule has 1 aliphatic rings. The van der Waals surface area contributed by atoms with Gasteiger partial charge < -0.3 is 11.1 Å². The average Bonchev–Trinajstić information content (AvgIpc) is 2.51. The molecule has 3 N–H and O–H groups in total. The van der Waals surface area contributed by atoms with Gasteiger partial charge in [0.25, 0.3) is 0 Å². The fourth-order valence-corrected chi connectivity index (χ4v) is 4.36. The third-order valence-electron chi connectivity index (χ3n) is 3.85. The Hall–Kier alpha value is -1.22. The minimum atomic E-state index is -3.81. The number of sulfonamides is 1. The van der Waals surface area contributed by atoms with Gasteiger partial charge in [-0.25, -0.2) is 12.8 Å². The maximum Gasteiger partial charge on any atom is 0.243 e. The van der Waals surface area contributed by atoms with E-state index >= 15 is 0 Å². The fraction of sp³-hybridized carbons (Fsp3) is 0.533. The molecular weight excluding hydrogens is 357 g/mol. The number of hydrogen-bond donors (Lipinski definition) is 2. The largest absolute Gasteiger partial charge is 0.355 e. The summed E-state index contributed by atoms with van der Waals surface area (Å²) in [5.74, 6) is -1.18. The van der Waals surface area contributed by atoms with Crippen molar-refractivity contribution < 1.29 is 17.6 Å². The molecule has 9 heteroatoms. The third-order valence-corrected chi connectivity index (χ3v) is 5.69. The second kappa shape index (κ2) is 8.75. The van der Waals surface area contributed by atoms with Gasteiger partial charge in [0, 0.05) is 26.2 Å². The second-order valence-corrected chi connectivity index (χ2v) is 7.68. The first-order valence-electron chi connectivity index (χ1n) is 7.59. The van der Waals surface area contributed by atoms with Gasteiger partial charge in [-0.1, -0.05) is 0 Å². The van der Waals surface area contributed by atoms with Crippen LogP contribution in [0.15, 0.2) is 23.1 Å². The van der Waals surface area contributed by atoms with Crippen LogP contribution < -0.4 is 11.1 Å². The van der Waals surface area contributed by atoms with Crippen LogP contribution in [0.2, 0.25) is 0 Å². The lowest BCUT2D eigenvalue weighted by Crippen LogP contribution is -2.46. The molecule has 0 aromatic heterocycles. The molecule has 1 atom stereocenters. The van der Waals surface area contributed by atoms with Crippen LogP contribution in [0.5, 0.6) is 0 Å². The van der Waals surface area contributed by atoms with Crippen molar-refractivity contribution in [2.75, 3.05) is 26.2 Å². The molecule has 6 nitrogen and oxygen atoms in total. The smallest absolute Gasteiger partial charge is 0.243 e. The molecule has 1 unspecified atom stereocenters. The summed E-state index contributed by atoms with van der Waals surface area (Å²) in [6.45, 7) is 2.78. The van der Waals surface area contributed by atoms with Crippen molar-refractivity contribution in [3.8, 4) is 0 Å². The van der Waals surface area contributed by atoms with E-state index in [2.05, 4.69) is 5.32 Å². The Morgan fingerprint density at radius 1 is 1.42 bits per heavy atom. The summed E-state index contributed by atoms with van der Waals surface area (Å²) >= 11 is 0. The van der Waals surface area contributed by atoms with Crippen LogP contribution in [0.1, 0.15) is 18.4 Å². The predicted molar refractivity (Wildman–Crippen MR) is 91.9 cm³/mol. The first kappa shape index (κ1) is 20.8. The van der Waals surface area contributed by atoms with Gasteiger partial charge in [0.05, 0.1) is 10.8 Å². The monoisotopic (exact) mass is 379 g/mol. The van der Waals surface area contributed by atoms with E-state index in [1.54, 1.807) is 6.92 Å². The summed E-state index contributed by atoms with van der Waals surface area (Å²) in [6, 6.07) is 3.73. The standard InChI is InChI=1S/C15H22FN3O3S.ClH/c1-11-7-13(16)9-14(8-11)23(21,22)19-6-2-3-12(10-19)15(20)18-5-4-17;/h7-9,12H,2-6,10,17H2,1H3,(H,18,20);1H. The summed E-state index contributed by atoms with van der Waals surface area (Å²) in [5, 5.41) is 2.69. The maximum absolute atomic E-state index is 13.5. The molecule has 0 radical (unpaired) electrons. The van der Waals surface area contributed by atoms with E-state index in [9.17, 15) is 17.6 Å². The Labute approximate surface area is 148 Å². The number of aryl methyl sites for hydroxylation is 1. The molecule has 1 heterocycles. The van der Waals surface area contributed by atoms with E-state index in [1.807, 2.05) is 0 Å². The number of carbonyl (C=O) groups excluding carboxylic acids is 1. The zero-order valence-electron chi connectivity index (χ0n) is 13.5. The predicted octanol–water partition coefficient (Wildman–Crippen LogP) is 1.03. The number of nitrogens with two attached hydrogens (primary N) is 1. The molecule has 1 fully saturated rings. The highest BCUT2D eigenvalue weighted by atomic mass is 35.5. The van der Waals surface area contributed by atoms with Crippen LogP contribution in [0.25, 0.3) is 0 Å². The van der Waals surface area contributed by atoms with E-state index in [1.165, 1.54) is 16.4 Å². The second-order valence-electron chi connectivity index (χ2n) is 5.75. The number of amides is 1. The van der Waals surface area contributed by atoms with E-state index in [-0.39, 0.29) is 29.8 Å². The first-order chi connectivity index (χ1) is 10.8. The first-order valence-corrected chi connectivity index (χ1v) is 9.03. The number of hydrogen-bond acceptors (Lipinski definition) is 4. The summed E-state index contributed by atoms with van der Waals surface area (Å²) in [6.07, 6.45) is 1.22. The highest BCUT2D eigenvalue weighted by molar-refractivity contribution is 7.89. The summed E-state index contributed by atoms with van der Waals surface area (Å²) in [7, 11) is -3.81. The van der Waals surface area contributed by atoms with Gasteiger partial charge >= 0.3 is 0 Å². The van der Waals surface area contributed by atoms with Gasteiger partial charge in [0.2, 0.25) is 15.9 Å². The van der Waals surface area contributed by atoms with E-state index in [4.69, 9.17) is 5.73 Å². The normalized spacial score (nSPS) is 18.7. The Morgan fingerprint density at radius 2 is 2.12 bits per heavy atom. The molecule has 1 saturated heterocycles. The van der Waals surface area contributed by atoms with E-state index in [0.29, 0.717) is 38.0 Å². The minimum Gasteiger partial charge on any atom is -0.355 e. The van der Waals surface area contributed by atoms with Gasteiger partial charge in [0.1, 0.15) is 5.82 Å². The third kappa shape index (κ3) is 4.89. The van der Waals surface area contributed by atoms with Crippen LogP contribution >= 0.6 is 12.4 Å². The number of piperidine rings is 1. The lowest BCUT2D eigenvalue weighted by molar-refractivity contribution is -0.126. The maximum atomic E-state index is 13.5. The van der Waals surface area contributed by atoms with Crippen LogP contribution in [0.3, 0.4) is 0 Å². The number of carbonyl (C=O) groups is 1. The van der Waals surface area contributed by atoms with Crippen molar-refractivity contribution in [2.24, 2.45) is 11.7 Å². The molecule has 2 rings (SSSR count). The molecule has 136 valence electrons. The quantitative estimate of drug-likeness (QED) is 0.799. The molecule has 1 aliphatic heterocycles. The topological polar surface area (TPSA) is 92.5 Å². The molecule has 1 aromatic rings. The number of nitrogens with zero attached hydrogens (tertiary/aromatic N) is 1. The molecule has 0 spiro atoms. The Bertz CT molecular complexity index is 664. The van der Waals surface area contributed by atoms with E-state index in [0.717, 1.165) is 6.07 Å².